The Morgan fingerprint density at radius 2 is 2.40 bits per heavy atom. The summed E-state index contributed by atoms with van der Waals surface area (Å²) in [4.78, 5) is 14.1. The van der Waals surface area contributed by atoms with Gasteiger partial charge in [0, 0.05) is 12.6 Å². The number of halogens is 1. The van der Waals surface area contributed by atoms with Crippen LogP contribution in [-0.2, 0) is 0 Å². The van der Waals surface area contributed by atoms with Gasteiger partial charge in [-0.3, -0.25) is 4.79 Å². The Labute approximate surface area is 97.6 Å². The number of carbonyl (C=O) groups is 1. The molecular weight excluding hydrogens is 258 g/mol. The molecule has 1 amide bonds. The first kappa shape index (κ1) is 10.7. The fraction of sp³-hybridized carbons (Fsp3) is 0.545. The van der Waals surface area contributed by atoms with Crippen molar-refractivity contribution in [2.75, 3.05) is 6.54 Å². The fourth-order valence-corrected chi connectivity index (χ4v) is 2.41. The lowest BCUT2D eigenvalue weighted by Gasteiger charge is -2.33. The van der Waals surface area contributed by atoms with Gasteiger partial charge in [-0.1, -0.05) is 0 Å². The fourth-order valence-electron chi connectivity index (χ4n) is 2.00. The quantitative estimate of drug-likeness (QED) is 0.787. The third kappa shape index (κ3) is 2.09. The monoisotopic (exact) mass is 271 g/mol. The molecule has 1 aromatic rings. The Balaban J connectivity index is 2.17. The van der Waals surface area contributed by atoms with Crippen LogP contribution in [0.15, 0.2) is 21.4 Å². The second-order valence-electron chi connectivity index (χ2n) is 3.95. The molecular formula is C11H14BrNO2. The summed E-state index contributed by atoms with van der Waals surface area (Å²) in [6.07, 6.45) is 4.95. The van der Waals surface area contributed by atoms with Crippen molar-refractivity contribution in [1.82, 2.24) is 4.90 Å². The molecule has 1 aromatic heterocycles. The molecule has 3 nitrogen and oxygen atoms in total. The van der Waals surface area contributed by atoms with Crippen LogP contribution in [0.4, 0.5) is 0 Å². The van der Waals surface area contributed by atoms with Gasteiger partial charge in [-0.25, -0.2) is 0 Å². The molecule has 0 aliphatic carbocycles. The topological polar surface area (TPSA) is 33.5 Å². The summed E-state index contributed by atoms with van der Waals surface area (Å²) in [6, 6.07) is 2.06. The SMILES string of the molecule is CC1CCCCN1C(=O)c1ccoc1Br. The minimum Gasteiger partial charge on any atom is -0.457 e. The van der Waals surface area contributed by atoms with Crippen LogP contribution in [0.2, 0.25) is 0 Å². The van der Waals surface area contributed by atoms with Gasteiger partial charge >= 0.3 is 0 Å². The summed E-state index contributed by atoms with van der Waals surface area (Å²) in [5.41, 5.74) is 0.628. The van der Waals surface area contributed by atoms with Crippen LogP contribution in [0, 0.1) is 0 Å². The highest BCUT2D eigenvalue weighted by Gasteiger charge is 2.26. The zero-order valence-corrected chi connectivity index (χ0v) is 10.3. The molecule has 1 unspecified atom stereocenters. The van der Waals surface area contributed by atoms with Crippen LogP contribution >= 0.6 is 15.9 Å². The summed E-state index contributed by atoms with van der Waals surface area (Å²) in [6.45, 7) is 2.96. The Morgan fingerprint density at radius 1 is 1.60 bits per heavy atom. The van der Waals surface area contributed by atoms with Crippen LogP contribution in [0.5, 0.6) is 0 Å². The maximum Gasteiger partial charge on any atom is 0.258 e. The van der Waals surface area contributed by atoms with Gasteiger partial charge in [0.15, 0.2) is 4.67 Å². The van der Waals surface area contributed by atoms with Crippen LogP contribution in [-0.4, -0.2) is 23.4 Å². The molecule has 0 radical (unpaired) electrons. The van der Waals surface area contributed by atoms with Gasteiger partial charge in [0.1, 0.15) is 0 Å². The number of nitrogens with zero attached hydrogens (tertiary/aromatic N) is 1. The second-order valence-corrected chi connectivity index (χ2v) is 4.67. The van der Waals surface area contributed by atoms with Crippen LogP contribution in [0.3, 0.4) is 0 Å². The normalized spacial score (nSPS) is 21.7. The third-order valence-electron chi connectivity index (χ3n) is 2.91. The lowest BCUT2D eigenvalue weighted by atomic mass is 10.0. The Morgan fingerprint density at radius 3 is 3.00 bits per heavy atom. The Kier molecular flexibility index (Phi) is 3.14. The number of amides is 1. The van der Waals surface area contributed by atoms with Crippen molar-refractivity contribution in [1.29, 1.82) is 0 Å². The van der Waals surface area contributed by atoms with Gasteiger partial charge < -0.3 is 9.32 Å². The highest BCUT2D eigenvalue weighted by Crippen LogP contribution is 2.23. The zero-order chi connectivity index (χ0) is 10.8. The number of piperidine rings is 1. The third-order valence-corrected chi connectivity index (χ3v) is 3.53. The number of hydrogen-bond acceptors (Lipinski definition) is 2. The molecule has 82 valence electrons. The molecule has 0 bridgehead atoms. The zero-order valence-electron chi connectivity index (χ0n) is 8.70. The van der Waals surface area contributed by atoms with Crippen molar-refractivity contribution >= 4 is 21.8 Å². The van der Waals surface area contributed by atoms with E-state index in [0.29, 0.717) is 16.3 Å². The highest BCUT2D eigenvalue weighted by atomic mass is 79.9. The van der Waals surface area contributed by atoms with Crippen molar-refractivity contribution in [3.05, 3.63) is 22.6 Å². The first-order valence-electron chi connectivity index (χ1n) is 5.24. The highest BCUT2D eigenvalue weighted by molar-refractivity contribution is 9.10. The predicted molar refractivity (Wildman–Crippen MR) is 60.8 cm³/mol. The molecule has 4 heteroatoms. The maximum absolute atomic E-state index is 12.1. The van der Waals surface area contributed by atoms with E-state index >= 15 is 0 Å². The van der Waals surface area contributed by atoms with Gasteiger partial charge in [-0.05, 0) is 48.2 Å². The van der Waals surface area contributed by atoms with E-state index in [0.717, 1.165) is 19.4 Å². The van der Waals surface area contributed by atoms with Crippen LogP contribution in [0.1, 0.15) is 36.5 Å². The lowest BCUT2D eigenvalue weighted by molar-refractivity contribution is 0.0633. The van der Waals surface area contributed by atoms with E-state index < -0.39 is 0 Å². The minimum atomic E-state index is 0.0721. The number of rotatable bonds is 1. The van der Waals surface area contributed by atoms with Gasteiger partial charge in [0.05, 0.1) is 11.8 Å². The maximum atomic E-state index is 12.1. The standard InChI is InChI=1S/C11H14BrNO2/c1-8-4-2-3-6-13(8)11(14)9-5-7-15-10(9)12/h5,7-8H,2-4,6H2,1H3. The molecule has 1 aliphatic rings. The molecule has 1 atom stereocenters. The minimum absolute atomic E-state index is 0.0721. The van der Waals surface area contributed by atoms with Crippen molar-refractivity contribution in [2.45, 2.75) is 32.2 Å². The van der Waals surface area contributed by atoms with Crippen molar-refractivity contribution < 1.29 is 9.21 Å². The molecule has 2 rings (SSSR count). The average Bonchev–Trinajstić information content (AvgIpc) is 2.64. The summed E-state index contributed by atoms with van der Waals surface area (Å²) >= 11 is 3.24. The Bertz CT molecular complexity index is 361. The molecule has 0 spiro atoms. The Hall–Kier alpha value is -0.770. The molecule has 0 aromatic carbocycles. The average molecular weight is 272 g/mol. The van der Waals surface area contributed by atoms with E-state index in [1.165, 1.54) is 12.7 Å². The molecule has 0 saturated carbocycles. The van der Waals surface area contributed by atoms with E-state index in [1.807, 2.05) is 4.90 Å². The van der Waals surface area contributed by atoms with Gasteiger partial charge in [0.2, 0.25) is 0 Å². The van der Waals surface area contributed by atoms with E-state index in [4.69, 9.17) is 4.42 Å². The van der Waals surface area contributed by atoms with E-state index in [-0.39, 0.29) is 5.91 Å². The van der Waals surface area contributed by atoms with Crippen molar-refractivity contribution in [3.63, 3.8) is 0 Å². The summed E-state index contributed by atoms with van der Waals surface area (Å²) < 4.78 is 5.61. The van der Waals surface area contributed by atoms with Crippen molar-refractivity contribution in [2.24, 2.45) is 0 Å². The van der Waals surface area contributed by atoms with E-state index in [2.05, 4.69) is 22.9 Å². The molecule has 2 heterocycles. The van der Waals surface area contributed by atoms with Crippen molar-refractivity contribution in [3.8, 4) is 0 Å². The molecule has 1 fully saturated rings. The van der Waals surface area contributed by atoms with Gasteiger partial charge in [-0.15, -0.1) is 0 Å². The van der Waals surface area contributed by atoms with Crippen LogP contribution < -0.4 is 0 Å². The second kappa shape index (κ2) is 4.39. The number of carbonyl (C=O) groups excluding carboxylic acids is 1. The van der Waals surface area contributed by atoms with E-state index in [1.54, 1.807) is 6.07 Å². The first-order chi connectivity index (χ1) is 7.20. The molecule has 1 aliphatic heterocycles. The summed E-state index contributed by atoms with van der Waals surface area (Å²) in [5.74, 6) is 0.0721. The van der Waals surface area contributed by atoms with Gasteiger partial charge in [-0.2, -0.15) is 0 Å². The molecule has 1 saturated heterocycles. The summed E-state index contributed by atoms with van der Waals surface area (Å²) in [7, 11) is 0. The molecule has 0 N–H and O–H groups in total. The largest absolute Gasteiger partial charge is 0.457 e. The van der Waals surface area contributed by atoms with Gasteiger partial charge in [0.25, 0.3) is 5.91 Å². The molecule has 15 heavy (non-hydrogen) atoms. The first-order valence-corrected chi connectivity index (χ1v) is 6.03. The predicted octanol–water partition coefficient (Wildman–Crippen LogP) is 3.06. The number of hydrogen-bond donors (Lipinski definition) is 0. The van der Waals surface area contributed by atoms with E-state index in [9.17, 15) is 4.79 Å². The number of furan rings is 1. The smallest absolute Gasteiger partial charge is 0.258 e. The summed E-state index contributed by atoms with van der Waals surface area (Å²) in [5, 5.41) is 0. The lowest BCUT2D eigenvalue weighted by Crippen LogP contribution is -2.41. The number of likely N-dealkylation sites (tertiary alicyclic amines) is 1. The van der Waals surface area contributed by atoms with Crippen LogP contribution in [0.25, 0.3) is 0 Å².